The summed E-state index contributed by atoms with van der Waals surface area (Å²) in [6.07, 6.45) is 0. The average Bonchev–Trinajstić information content (AvgIpc) is 3.82. The number of nitrogens with zero attached hydrogens (tertiary/aromatic N) is 4. The van der Waals surface area contributed by atoms with Crippen LogP contribution in [-0.4, -0.2) is 18.2 Å². The Labute approximate surface area is 266 Å². The second kappa shape index (κ2) is 9.66. The highest BCUT2D eigenvalue weighted by molar-refractivity contribution is 5.87. The maximum Gasteiger partial charge on any atom is 0.303 e. The third-order valence-electron chi connectivity index (χ3n) is 7.71. The van der Waals surface area contributed by atoms with Crippen molar-refractivity contribution in [1.82, 2.24) is 4.98 Å². The second-order valence-corrected chi connectivity index (χ2v) is 10.7. The summed E-state index contributed by atoms with van der Waals surface area (Å²) in [6.45, 7) is -4.24. The zero-order valence-electron chi connectivity index (χ0n) is 34.1. The number of para-hydroxylation sites is 5. The highest BCUT2D eigenvalue weighted by atomic mass is 16.5. The van der Waals surface area contributed by atoms with Crippen LogP contribution in [0.25, 0.3) is 11.1 Å². The fourth-order valence-electron chi connectivity index (χ4n) is 5.80. The lowest BCUT2D eigenvalue weighted by Crippen LogP contribution is -2.25. The standard InChI is InChI=1S/C37H32N4O2/c1-25-19-27(41-24-40(26-11-5-4-6-12-26)32-14-8-9-15-33(32)41)21-29(20-25)42-28-17-18-30-34(22-28)39(23-37(30,2)3)36-38-31-13-7-10-16-35(31)43-36/h4-22H,23-24H2,1-3H3/i2D3,3D3,4D,5D,6D,11D,12D. The van der Waals surface area contributed by atoms with E-state index in [1.165, 1.54) is 11.0 Å². The van der Waals surface area contributed by atoms with Gasteiger partial charge in [-0.3, -0.25) is 4.90 Å². The van der Waals surface area contributed by atoms with Gasteiger partial charge in [-0.2, -0.15) is 4.98 Å². The first-order valence-electron chi connectivity index (χ1n) is 19.3. The number of aromatic nitrogens is 1. The Balaban J connectivity index is 1.19. The Morgan fingerprint density at radius 3 is 2.35 bits per heavy atom. The molecule has 212 valence electrons. The third kappa shape index (κ3) is 4.38. The van der Waals surface area contributed by atoms with Crippen LogP contribution in [0.5, 0.6) is 11.5 Å². The Kier molecular flexibility index (Phi) is 3.69. The number of hydrogen-bond donors (Lipinski definition) is 0. The minimum atomic E-state index is -2.92. The van der Waals surface area contributed by atoms with Gasteiger partial charge in [0.25, 0.3) is 0 Å². The molecule has 0 unspecified atom stereocenters. The van der Waals surface area contributed by atoms with Crippen molar-refractivity contribution in [3.63, 3.8) is 0 Å². The zero-order chi connectivity index (χ0) is 38.5. The first kappa shape index (κ1) is 16.4. The molecule has 2 aliphatic rings. The van der Waals surface area contributed by atoms with E-state index >= 15 is 0 Å². The summed E-state index contributed by atoms with van der Waals surface area (Å²) in [5, 5.41) is 0. The molecular weight excluding hydrogens is 532 g/mol. The number of rotatable bonds is 5. The van der Waals surface area contributed by atoms with Gasteiger partial charge in [0.2, 0.25) is 0 Å². The van der Waals surface area contributed by atoms with Gasteiger partial charge in [-0.1, -0.05) is 62.2 Å². The van der Waals surface area contributed by atoms with Crippen molar-refractivity contribution in [2.75, 3.05) is 27.9 Å². The molecule has 2 aliphatic heterocycles. The van der Waals surface area contributed by atoms with Gasteiger partial charge in [-0.05, 0) is 72.6 Å². The van der Waals surface area contributed by atoms with Crippen molar-refractivity contribution in [2.45, 2.75) is 26.0 Å². The number of anilines is 6. The fourth-order valence-corrected chi connectivity index (χ4v) is 5.80. The van der Waals surface area contributed by atoms with Crippen LogP contribution < -0.4 is 19.4 Å². The Morgan fingerprint density at radius 1 is 0.791 bits per heavy atom. The minimum absolute atomic E-state index is 0.0548. The van der Waals surface area contributed by atoms with E-state index in [1.807, 2.05) is 48.2 Å². The predicted octanol–water partition coefficient (Wildman–Crippen LogP) is 9.61. The molecule has 6 heteroatoms. The molecule has 0 fully saturated rings. The maximum absolute atomic E-state index is 8.62. The highest BCUT2D eigenvalue weighted by Crippen LogP contribution is 2.48. The number of hydrogen-bond acceptors (Lipinski definition) is 6. The van der Waals surface area contributed by atoms with Gasteiger partial charge in [-0.25, -0.2) is 0 Å². The van der Waals surface area contributed by atoms with E-state index in [2.05, 4.69) is 4.98 Å². The molecule has 6 nitrogen and oxygen atoms in total. The fraction of sp³-hybridized carbons (Fsp3) is 0.162. The predicted molar refractivity (Wildman–Crippen MR) is 174 cm³/mol. The Hall–Kier alpha value is -5.23. The van der Waals surface area contributed by atoms with Crippen LogP contribution in [0.15, 0.2) is 120 Å². The smallest absolute Gasteiger partial charge is 0.303 e. The molecule has 8 rings (SSSR count). The number of ether oxygens (including phenoxy) is 1. The maximum atomic E-state index is 8.62. The summed E-state index contributed by atoms with van der Waals surface area (Å²) in [7, 11) is 0. The van der Waals surface area contributed by atoms with Crippen LogP contribution in [-0.2, 0) is 5.41 Å². The van der Waals surface area contributed by atoms with Gasteiger partial charge in [0, 0.05) is 43.7 Å². The van der Waals surface area contributed by atoms with E-state index in [1.54, 1.807) is 47.4 Å². The van der Waals surface area contributed by atoms with Crippen molar-refractivity contribution in [3.8, 4) is 11.5 Å². The lowest BCUT2D eigenvalue weighted by molar-refractivity contribution is 0.482. The summed E-state index contributed by atoms with van der Waals surface area (Å²) >= 11 is 0. The van der Waals surface area contributed by atoms with E-state index in [0.29, 0.717) is 34.0 Å². The van der Waals surface area contributed by atoms with E-state index in [-0.39, 0.29) is 41.7 Å². The van der Waals surface area contributed by atoms with Crippen LogP contribution in [0.3, 0.4) is 0 Å². The molecule has 0 saturated carbocycles. The third-order valence-corrected chi connectivity index (χ3v) is 7.71. The number of benzene rings is 5. The topological polar surface area (TPSA) is 45.0 Å². The van der Waals surface area contributed by atoms with Crippen molar-refractivity contribution >= 4 is 45.6 Å². The van der Waals surface area contributed by atoms with Gasteiger partial charge in [0.05, 0.1) is 23.9 Å². The summed E-state index contributed by atoms with van der Waals surface area (Å²) in [6, 6.07) is 22.7. The van der Waals surface area contributed by atoms with Crippen molar-refractivity contribution in [1.29, 1.82) is 0 Å². The number of aryl methyl sites for hydroxylation is 1. The summed E-state index contributed by atoms with van der Waals surface area (Å²) in [5.74, 6) is 0.730. The minimum Gasteiger partial charge on any atom is -0.457 e. The molecule has 0 aliphatic carbocycles. The average molecular weight is 576 g/mol. The van der Waals surface area contributed by atoms with E-state index in [9.17, 15) is 0 Å². The first-order valence-corrected chi connectivity index (χ1v) is 13.8. The second-order valence-electron chi connectivity index (χ2n) is 10.7. The van der Waals surface area contributed by atoms with Crippen molar-refractivity contribution in [2.24, 2.45) is 0 Å². The molecule has 0 atom stereocenters. The lowest BCUT2D eigenvalue weighted by Gasteiger charge is -2.23. The molecule has 1 aromatic heterocycles. The molecule has 3 heterocycles. The highest BCUT2D eigenvalue weighted by Gasteiger charge is 2.38. The quantitative estimate of drug-likeness (QED) is 0.204. The lowest BCUT2D eigenvalue weighted by atomic mass is 9.87. The van der Waals surface area contributed by atoms with Gasteiger partial charge in [0.15, 0.2) is 5.58 Å². The largest absolute Gasteiger partial charge is 0.457 e. The zero-order valence-corrected chi connectivity index (χ0v) is 23.1. The molecule has 0 saturated heterocycles. The molecule has 0 radical (unpaired) electrons. The van der Waals surface area contributed by atoms with Gasteiger partial charge >= 0.3 is 6.01 Å². The van der Waals surface area contributed by atoms with Crippen LogP contribution in [0, 0.1) is 6.92 Å². The summed E-state index contributed by atoms with van der Waals surface area (Å²) in [5.41, 5.74) is 2.12. The van der Waals surface area contributed by atoms with Gasteiger partial charge in [0.1, 0.15) is 23.7 Å². The SMILES string of the molecule is [2H]c1c([2H])c([2H])c(N2CN(c3cc(C)cc(Oc4ccc5c(c4)N(c4nc6ccccc6o4)CC5(C([2H])([2H])[2H])C([2H])([2H])[2H])c3)c3ccccc32)c([2H])c1[2H]. The first-order chi connectivity index (χ1) is 25.5. The molecule has 6 aromatic rings. The molecule has 0 bridgehead atoms. The molecule has 0 N–H and O–H groups in total. The van der Waals surface area contributed by atoms with Crippen LogP contribution in [0.2, 0.25) is 0 Å². The summed E-state index contributed by atoms with van der Waals surface area (Å²) in [4.78, 5) is 9.70. The molecule has 0 amide bonds. The molecule has 43 heavy (non-hydrogen) atoms. The number of fused-ring (bicyclic) bond motifs is 3. The van der Waals surface area contributed by atoms with Crippen LogP contribution >= 0.6 is 0 Å². The van der Waals surface area contributed by atoms with Gasteiger partial charge < -0.3 is 19.0 Å². The molecular formula is C37H32N4O2. The Morgan fingerprint density at radius 2 is 1.56 bits per heavy atom. The number of oxazole rings is 1. The Bertz CT molecular complexity index is 2400. The van der Waals surface area contributed by atoms with Crippen molar-refractivity contribution in [3.05, 3.63) is 126 Å². The molecule has 0 spiro atoms. The normalized spacial score (nSPS) is 19.5. The monoisotopic (exact) mass is 575 g/mol. The van der Waals surface area contributed by atoms with Gasteiger partial charge in [-0.15, -0.1) is 0 Å². The van der Waals surface area contributed by atoms with E-state index in [0.717, 1.165) is 11.3 Å². The van der Waals surface area contributed by atoms with E-state index < -0.39 is 43.8 Å². The van der Waals surface area contributed by atoms with Crippen molar-refractivity contribution < 1.29 is 24.2 Å². The van der Waals surface area contributed by atoms with Crippen LogP contribution in [0.4, 0.5) is 34.5 Å². The summed E-state index contributed by atoms with van der Waals surface area (Å²) < 4.78 is 105. The van der Waals surface area contributed by atoms with E-state index in [4.69, 9.17) is 24.2 Å². The van der Waals surface area contributed by atoms with Crippen LogP contribution in [0.1, 0.15) is 39.9 Å². The molecule has 5 aromatic carbocycles.